The molecule has 9 heteroatoms. The summed E-state index contributed by atoms with van der Waals surface area (Å²) in [7, 11) is 4.67. The highest BCUT2D eigenvalue weighted by atomic mass is 32.1. The number of hydrogen-bond donors (Lipinski definition) is 1. The lowest BCUT2D eigenvalue weighted by atomic mass is 9.86. The van der Waals surface area contributed by atoms with Gasteiger partial charge in [0, 0.05) is 21.3 Å². The van der Waals surface area contributed by atoms with Crippen molar-refractivity contribution in [3.63, 3.8) is 0 Å². The molecule has 1 amide bonds. The third kappa shape index (κ3) is 6.56. The first kappa shape index (κ1) is 30.6. The summed E-state index contributed by atoms with van der Waals surface area (Å²) >= 11 is 1.50. The SMILES string of the molecule is COC(=O)Cn1c(C(=O)Nc2nc(-c3cc(OC)c(C)cc3OC)c(CCC3CCCCC3)s2)cc2cc(C)c(C)cc21. The monoisotopic (exact) mass is 603 g/mol. The number of carbonyl (C=O) groups excluding carboxylic acids is 2. The molecule has 8 nitrogen and oxygen atoms in total. The normalized spacial score (nSPS) is 13.7. The van der Waals surface area contributed by atoms with Gasteiger partial charge in [0.05, 0.1) is 27.0 Å². The van der Waals surface area contributed by atoms with Crippen LogP contribution in [0.3, 0.4) is 0 Å². The molecule has 0 aliphatic heterocycles. The Hall–Kier alpha value is -3.85. The van der Waals surface area contributed by atoms with Crippen LogP contribution in [0.15, 0.2) is 30.3 Å². The Bertz CT molecular complexity index is 1650. The molecule has 2 aromatic heterocycles. The van der Waals surface area contributed by atoms with Crippen molar-refractivity contribution < 1.29 is 23.8 Å². The number of benzene rings is 2. The molecule has 5 rings (SSSR count). The summed E-state index contributed by atoms with van der Waals surface area (Å²) in [6.07, 6.45) is 8.40. The summed E-state index contributed by atoms with van der Waals surface area (Å²) in [5.41, 5.74) is 5.99. The number of nitrogens with zero attached hydrogens (tertiary/aromatic N) is 2. The molecule has 1 N–H and O–H groups in total. The first-order valence-electron chi connectivity index (χ1n) is 14.9. The third-order valence-electron chi connectivity index (χ3n) is 8.66. The van der Waals surface area contributed by atoms with Crippen molar-refractivity contribution in [2.45, 2.75) is 72.3 Å². The molecular weight excluding hydrogens is 562 g/mol. The topological polar surface area (TPSA) is 91.7 Å². The Morgan fingerprint density at radius 2 is 1.65 bits per heavy atom. The predicted octanol–water partition coefficient (Wildman–Crippen LogP) is 7.65. The minimum absolute atomic E-state index is 0.0681. The minimum Gasteiger partial charge on any atom is -0.496 e. The van der Waals surface area contributed by atoms with Crippen LogP contribution in [0.25, 0.3) is 22.2 Å². The van der Waals surface area contributed by atoms with E-state index in [1.165, 1.54) is 50.6 Å². The molecule has 0 saturated heterocycles. The van der Waals surface area contributed by atoms with Crippen molar-refractivity contribution >= 4 is 39.2 Å². The van der Waals surface area contributed by atoms with Crippen LogP contribution >= 0.6 is 11.3 Å². The number of fused-ring (bicyclic) bond motifs is 1. The first-order chi connectivity index (χ1) is 20.7. The number of hydrogen-bond acceptors (Lipinski definition) is 7. The number of thiazole rings is 1. The van der Waals surface area contributed by atoms with Crippen LogP contribution in [0, 0.1) is 26.7 Å². The second-order valence-corrected chi connectivity index (χ2v) is 12.6. The molecule has 2 aromatic carbocycles. The van der Waals surface area contributed by atoms with Gasteiger partial charge in [-0.1, -0.05) is 32.1 Å². The van der Waals surface area contributed by atoms with Crippen LogP contribution in [-0.2, 0) is 22.5 Å². The molecule has 0 atom stereocenters. The molecule has 2 heterocycles. The number of esters is 1. The van der Waals surface area contributed by atoms with E-state index in [1.807, 2.05) is 51.1 Å². The van der Waals surface area contributed by atoms with Gasteiger partial charge in [0.1, 0.15) is 23.7 Å². The maximum atomic E-state index is 13.8. The summed E-state index contributed by atoms with van der Waals surface area (Å²) < 4.78 is 18.1. The largest absolute Gasteiger partial charge is 0.496 e. The number of methoxy groups -OCH3 is 3. The highest BCUT2D eigenvalue weighted by molar-refractivity contribution is 7.16. The summed E-state index contributed by atoms with van der Waals surface area (Å²) in [5.74, 6) is 1.42. The molecule has 0 spiro atoms. The lowest BCUT2D eigenvalue weighted by Gasteiger charge is -2.21. The molecule has 1 aliphatic carbocycles. The van der Waals surface area contributed by atoms with Crippen LogP contribution in [0.2, 0.25) is 0 Å². The Kier molecular flexibility index (Phi) is 9.40. The van der Waals surface area contributed by atoms with Gasteiger partial charge in [-0.05, 0) is 86.6 Å². The van der Waals surface area contributed by atoms with Crippen molar-refractivity contribution in [1.29, 1.82) is 0 Å². The van der Waals surface area contributed by atoms with Gasteiger partial charge in [-0.25, -0.2) is 4.98 Å². The second-order valence-electron chi connectivity index (χ2n) is 11.5. The second kappa shape index (κ2) is 13.2. The van der Waals surface area contributed by atoms with Crippen molar-refractivity contribution in [2.24, 2.45) is 5.92 Å². The lowest BCUT2D eigenvalue weighted by molar-refractivity contribution is -0.141. The van der Waals surface area contributed by atoms with Gasteiger partial charge in [-0.2, -0.15) is 0 Å². The van der Waals surface area contributed by atoms with E-state index < -0.39 is 5.97 Å². The molecule has 1 fully saturated rings. The first-order valence-corrected chi connectivity index (χ1v) is 15.7. The molecule has 4 aromatic rings. The number of ether oxygens (including phenoxy) is 3. The van der Waals surface area contributed by atoms with Crippen LogP contribution in [0.4, 0.5) is 5.13 Å². The highest BCUT2D eigenvalue weighted by Gasteiger charge is 2.24. The zero-order chi connectivity index (χ0) is 30.7. The number of aryl methyl sites for hydroxylation is 4. The van der Waals surface area contributed by atoms with E-state index in [0.29, 0.717) is 22.5 Å². The Morgan fingerprint density at radius 3 is 2.35 bits per heavy atom. The van der Waals surface area contributed by atoms with E-state index in [-0.39, 0.29) is 12.5 Å². The average Bonchev–Trinajstić information content (AvgIpc) is 3.57. The molecule has 228 valence electrons. The van der Waals surface area contributed by atoms with Crippen molar-refractivity contribution in [2.75, 3.05) is 26.6 Å². The molecule has 1 aliphatic rings. The van der Waals surface area contributed by atoms with Crippen molar-refractivity contribution in [3.05, 3.63) is 57.6 Å². The fourth-order valence-electron chi connectivity index (χ4n) is 6.07. The van der Waals surface area contributed by atoms with E-state index in [4.69, 9.17) is 19.2 Å². The molecule has 0 unspecified atom stereocenters. The number of aromatic nitrogens is 2. The molecular formula is C34H41N3O5S. The fourth-order valence-corrected chi connectivity index (χ4v) is 7.06. The third-order valence-corrected chi connectivity index (χ3v) is 9.69. The number of rotatable bonds is 10. The van der Waals surface area contributed by atoms with Crippen LogP contribution in [0.5, 0.6) is 11.5 Å². The maximum absolute atomic E-state index is 13.8. The standard InChI is InChI=1S/C34H41N3O5S/c1-20-14-24-17-27(37(19-31(38)42-6)26(24)15-21(20)2)33(39)36-34-35-32(25-18-28(40-4)22(3)16-29(25)41-5)30(43-34)13-12-23-10-8-7-9-11-23/h14-18,23H,7-13,19H2,1-6H3,(H,35,36,39). The van der Waals surface area contributed by atoms with Gasteiger partial charge < -0.3 is 18.8 Å². The van der Waals surface area contributed by atoms with Gasteiger partial charge in [0.15, 0.2) is 5.13 Å². The highest BCUT2D eigenvalue weighted by Crippen LogP contribution is 2.41. The Balaban J connectivity index is 1.53. The smallest absolute Gasteiger partial charge is 0.325 e. The van der Waals surface area contributed by atoms with E-state index >= 15 is 0 Å². The Labute approximate surface area is 257 Å². The van der Waals surface area contributed by atoms with Gasteiger partial charge in [-0.15, -0.1) is 11.3 Å². The van der Waals surface area contributed by atoms with E-state index in [2.05, 4.69) is 5.32 Å². The molecule has 1 saturated carbocycles. The quantitative estimate of drug-likeness (QED) is 0.187. The summed E-state index contributed by atoms with van der Waals surface area (Å²) in [6.45, 7) is 5.97. The zero-order valence-corrected chi connectivity index (χ0v) is 26.8. The summed E-state index contributed by atoms with van der Waals surface area (Å²) in [4.78, 5) is 32.2. The summed E-state index contributed by atoms with van der Waals surface area (Å²) in [6, 6.07) is 9.81. The predicted molar refractivity (Wildman–Crippen MR) is 172 cm³/mol. The van der Waals surface area contributed by atoms with Crippen LogP contribution < -0.4 is 14.8 Å². The van der Waals surface area contributed by atoms with E-state index in [9.17, 15) is 9.59 Å². The van der Waals surface area contributed by atoms with Crippen molar-refractivity contribution in [3.8, 4) is 22.8 Å². The average molecular weight is 604 g/mol. The van der Waals surface area contributed by atoms with E-state index in [0.717, 1.165) is 62.3 Å². The molecule has 0 bridgehead atoms. The van der Waals surface area contributed by atoms with Crippen LogP contribution in [0.1, 0.15) is 70.6 Å². The van der Waals surface area contributed by atoms with Gasteiger partial charge in [0.25, 0.3) is 5.91 Å². The Morgan fingerprint density at radius 1 is 0.930 bits per heavy atom. The number of anilines is 1. The lowest BCUT2D eigenvalue weighted by Crippen LogP contribution is -2.20. The fraction of sp³-hybridized carbons (Fsp3) is 0.441. The number of amides is 1. The number of carbonyl (C=O) groups is 2. The molecule has 0 radical (unpaired) electrons. The van der Waals surface area contributed by atoms with Crippen LogP contribution in [-0.4, -0.2) is 42.8 Å². The summed E-state index contributed by atoms with van der Waals surface area (Å²) in [5, 5.41) is 4.44. The van der Waals surface area contributed by atoms with E-state index in [1.54, 1.807) is 18.8 Å². The maximum Gasteiger partial charge on any atom is 0.325 e. The van der Waals surface area contributed by atoms with Crippen molar-refractivity contribution in [1.82, 2.24) is 9.55 Å². The van der Waals surface area contributed by atoms with Gasteiger partial charge in [0.2, 0.25) is 0 Å². The van der Waals surface area contributed by atoms with Gasteiger partial charge >= 0.3 is 5.97 Å². The molecule has 43 heavy (non-hydrogen) atoms. The number of nitrogens with one attached hydrogen (secondary N) is 1. The van der Waals surface area contributed by atoms with Gasteiger partial charge in [-0.3, -0.25) is 14.9 Å². The minimum atomic E-state index is -0.424. The zero-order valence-electron chi connectivity index (χ0n) is 26.0.